The number of carbonyl (C=O) groups excluding carboxylic acids is 3. The summed E-state index contributed by atoms with van der Waals surface area (Å²) >= 11 is 0. The van der Waals surface area contributed by atoms with Crippen molar-refractivity contribution in [2.75, 3.05) is 52.2 Å². The second-order valence-electron chi connectivity index (χ2n) is 10.7. The molecule has 1 unspecified atom stereocenters. The van der Waals surface area contributed by atoms with E-state index in [2.05, 4.69) is 5.32 Å². The topological polar surface area (TPSA) is 155 Å². The second kappa shape index (κ2) is 12.2. The molecule has 12 nitrogen and oxygen atoms in total. The number of hydrogen-bond acceptors (Lipinski definition) is 8. The summed E-state index contributed by atoms with van der Waals surface area (Å²) in [4.78, 5) is 38.7. The van der Waals surface area contributed by atoms with Gasteiger partial charge in [-0.2, -0.15) is 0 Å². The van der Waals surface area contributed by atoms with Crippen LogP contribution in [0.4, 0.5) is 4.79 Å². The summed E-state index contributed by atoms with van der Waals surface area (Å²) in [5.74, 6) is -1.21. The SMILES string of the molecule is CNC(=O)c1ccc(C2CCN(S(=O)(=O)CC3(C(=O)NO)CCN(C(=O)OC4CCOC4)CC3)CC2)c(C)c1. The van der Waals surface area contributed by atoms with Crippen LogP contribution in [0.15, 0.2) is 18.2 Å². The van der Waals surface area contributed by atoms with E-state index in [-0.39, 0.29) is 43.9 Å². The predicted molar refractivity (Wildman–Crippen MR) is 141 cm³/mol. The van der Waals surface area contributed by atoms with Crippen LogP contribution < -0.4 is 10.8 Å². The van der Waals surface area contributed by atoms with Gasteiger partial charge in [0.05, 0.1) is 24.4 Å². The molecule has 3 amide bonds. The Labute approximate surface area is 229 Å². The summed E-state index contributed by atoms with van der Waals surface area (Å²) in [6.45, 7) is 3.74. The monoisotopic (exact) mass is 566 g/mol. The maximum Gasteiger partial charge on any atom is 0.410 e. The number of aryl methyl sites for hydroxylation is 1. The molecule has 13 heteroatoms. The summed E-state index contributed by atoms with van der Waals surface area (Å²) in [6, 6.07) is 5.57. The van der Waals surface area contributed by atoms with E-state index in [4.69, 9.17) is 9.47 Å². The maximum atomic E-state index is 13.5. The molecule has 0 spiro atoms. The molecule has 3 heterocycles. The molecular weight excluding hydrogens is 528 g/mol. The van der Waals surface area contributed by atoms with Crippen molar-refractivity contribution in [2.24, 2.45) is 5.41 Å². The van der Waals surface area contributed by atoms with Crippen LogP contribution in [-0.4, -0.2) is 99.0 Å². The molecule has 0 aromatic heterocycles. The van der Waals surface area contributed by atoms with Gasteiger partial charge in [0.25, 0.3) is 11.8 Å². The quantitative estimate of drug-likeness (QED) is 0.330. The molecule has 3 N–H and O–H groups in total. The number of sulfonamides is 1. The van der Waals surface area contributed by atoms with Gasteiger partial charge >= 0.3 is 6.09 Å². The summed E-state index contributed by atoms with van der Waals surface area (Å²) in [5.41, 5.74) is 2.96. The number of hydroxylamine groups is 1. The van der Waals surface area contributed by atoms with Crippen LogP contribution in [0, 0.1) is 12.3 Å². The van der Waals surface area contributed by atoms with Crippen molar-refractivity contribution >= 4 is 27.9 Å². The molecule has 0 saturated carbocycles. The number of likely N-dealkylation sites (tertiary alicyclic amines) is 1. The van der Waals surface area contributed by atoms with E-state index in [0.29, 0.717) is 51.1 Å². The molecule has 3 fully saturated rings. The van der Waals surface area contributed by atoms with Crippen molar-refractivity contribution in [2.45, 2.75) is 51.0 Å². The highest BCUT2D eigenvalue weighted by molar-refractivity contribution is 7.89. The van der Waals surface area contributed by atoms with Crippen LogP contribution in [0.25, 0.3) is 0 Å². The van der Waals surface area contributed by atoms with Gasteiger partial charge in [-0.1, -0.05) is 6.07 Å². The Kier molecular flexibility index (Phi) is 9.14. The molecule has 1 aromatic rings. The number of benzene rings is 1. The number of nitrogens with zero attached hydrogens (tertiary/aromatic N) is 2. The first kappa shape index (κ1) is 29.2. The van der Waals surface area contributed by atoms with E-state index in [0.717, 1.165) is 11.1 Å². The molecule has 39 heavy (non-hydrogen) atoms. The molecule has 3 saturated heterocycles. The van der Waals surface area contributed by atoms with Gasteiger partial charge in [-0.05, 0) is 61.8 Å². The lowest BCUT2D eigenvalue weighted by molar-refractivity contribution is -0.141. The molecule has 0 bridgehead atoms. The molecule has 1 aromatic carbocycles. The Balaban J connectivity index is 1.37. The van der Waals surface area contributed by atoms with Crippen molar-refractivity contribution in [3.8, 4) is 0 Å². The Morgan fingerprint density at radius 2 is 1.82 bits per heavy atom. The third kappa shape index (κ3) is 6.53. The first-order valence-corrected chi connectivity index (χ1v) is 15.0. The lowest BCUT2D eigenvalue weighted by Crippen LogP contribution is -2.55. The maximum absolute atomic E-state index is 13.5. The summed E-state index contributed by atoms with van der Waals surface area (Å²) in [7, 11) is -2.25. The lowest BCUT2D eigenvalue weighted by atomic mass is 9.79. The van der Waals surface area contributed by atoms with Gasteiger partial charge in [-0.3, -0.25) is 14.8 Å². The molecular formula is C26H38N4O8S. The fraction of sp³-hybridized carbons (Fsp3) is 0.654. The minimum Gasteiger partial charge on any atom is -0.444 e. The van der Waals surface area contributed by atoms with Crippen molar-refractivity contribution < 1.29 is 37.5 Å². The van der Waals surface area contributed by atoms with E-state index in [1.54, 1.807) is 18.6 Å². The second-order valence-corrected chi connectivity index (χ2v) is 12.6. The molecule has 0 radical (unpaired) electrons. The Hall–Kier alpha value is -2.74. The summed E-state index contributed by atoms with van der Waals surface area (Å²) < 4.78 is 39.1. The molecule has 4 rings (SSSR count). The number of hydrogen-bond donors (Lipinski definition) is 3. The average molecular weight is 567 g/mol. The minimum absolute atomic E-state index is 0.0856. The zero-order chi connectivity index (χ0) is 28.2. The standard InChI is InChI=1S/C26H38N4O8S/c1-18-15-20(23(31)27-2)3-4-22(18)19-5-10-30(11-6-19)39(35,36)17-26(24(32)28-34)8-12-29(13-9-26)25(33)38-21-7-14-37-16-21/h3-4,15,19,21,34H,5-14,16-17H2,1-2H3,(H,27,31)(H,28,32). The van der Waals surface area contributed by atoms with Gasteiger partial charge < -0.3 is 19.7 Å². The highest BCUT2D eigenvalue weighted by Crippen LogP contribution is 2.37. The zero-order valence-electron chi connectivity index (χ0n) is 22.5. The normalized spacial score (nSPS) is 22.3. The summed E-state index contributed by atoms with van der Waals surface area (Å²) in [5, 5.41) is 12.0. The third-order valence-corrected chi connectivity index (χ3v) is 10.3. The Morgan fingerprint density at radius 1 is 1.13 bits per heavy atom. The Morgan fingerprint density at radius 3 is 2.38 bits per heavy atom. The molecule has 1 atom stereocenters. The molecule has 0 aliphatic carbocycles. The molecule has 3 aliphatic rings. The predicted octanol–water partition coefficient (Wildman–Crippen LogP) is 1.38. The minimum atomic E-state index is -3.83. The van der Waals surface area contributed by atoms with Crippen LogP contribution in [0.3, 0.4) is 0 Å². The smallest absolute Gasteiger partial charge is 0.410 e. The van der Waals surface area contributed by atoms with Gasteiger partial charge in [-0.15, -0.1) is 0 Å². The number of amides is 3. The first-order chi connectivity index (χ1) is 18.6. The third-order valence-electron chi connectivity index (χ3n) is 8.22. The number of nitrogens with one attached hydrogen (secondary N) is 2. The van der Waals surface area contributed by atoms with Crippen LogP contribution in [0.1, 0.15) is 59.5 Å². The van der Waals surface area contributed by atoms with E-state index in [1.165, 1.54) is 9.21 Å². The fourth-order valence-corrected chi connectivity index (χ4v) is 7.87. The van der Waals surface area contributed by atoms with Crippen LogP contribution in [-0.2, 0) is 24.3 Å². The van der Waals surface area contributed by atoms with E-state index >= 15 is 0 Å². The van der Waals surface area contributed by atoms with Gasteiger partial charge in [0.15, 0.2) is 0 Å². The van der Waals surface area contributed by atoms with Crippen LogP contribution in [0.5, 0.6) is 0 Å². The van der Waals surface area contributed by atoms with E-state index in [1.807, 2.05) is 19.1 Å². The zero-order valence-corrected chi connectivity index (χ0v) is 23.3. The van der Waals surface area contributed by atoms with Crippen molar-refractivity contribution in [1.29, 1.82) is 0 Å². The van der Waals surface area contributed by atoms with Crippen LogP contribution >= 0.6 is 0 Å². The van der Waals surface area contributed by atoms with Gasteiger partial charge in [0.1, 0.15) is 6.10 Å². The van der Waals surface area contributed by atoms with Crippen molar-refractivity contribution in [1.82, 2.24) is 20.0 Å². The average Bonchev–Trinajstić information content (AvgIpc) is 3.45. The number of ether oxygens (including phenoxy) is 2. The number of rotatable bonds is 7. The fourth-order valence-electron chi connectivity index (χ4n) is 5.80. The van der Waals surface area contributed by atoms with E-state index < -0.39 is 33.2 Å². The molecule has 216 valence electrons. The van der Waals surface area contributed by atoms with Gasteiger partial charge in [0.2, 0.25) is 10.0 Å². The Bertz CT molecular complexity index is 1170. The molecule has 3 aliphatic heterocycles. The highest BCUT2D eigenvalue weighted by Gasteiger charge is 2.47. The lowest BCUT2D eigenvalue weighted by Gasteiger charge is -2.41. The number of carbonyl (C=O) groups is 3. The largest absolute Gasteiger partial charge is 0.444 e. The highest BCUT2D eigenvalue weighted by atomic mass is 32.2. The van der Waals surface area contributed by atoms with Gasteiger partial charge in [-0.25, -0.2) is 23.0 Å². The van der Waals surface area contributed by atoms with Crippen molar-refractivity contribution in [3.05, 3.63) is 34.9 Å². The van der Waals surface area contributed by atoms with E-state index in [9.17, 15) is 28.0 Å². The first-order valence-electron chi connectivity index (χ1n) is 13.4. The van der Waals surface area contributed by atoms with Crippen LogP contribution in [0.2, 0.25) is 0 Å². The van der Waals surface area contributed by atoms with Crippen molar-refractivity contribution in [3.63, 3.8) is 0 Å². The number of piperidine rings is 2. The summed E-state index contributed by atoms with van der Waals surface area (Å²) in [6.07, 6.45) is 1.22. The van der Waals surface area contributed by atoms with Gasteiger partial charge in [0, 0.05) is 45.2 Å².